The molecule has 2 heterocycles. The lowest BCUT2D eigenvalue weighted by molar-refractivity contribution is 0.195. The van der Waals surface area contributed by atoms with Crippen molar-refractivity contribution < 1.29 is 4.74 Å². The number of ether oxygens (including phenoxy) is 1. The van der Waals surface area contributed by atoms with Gasteiger partial charge in [0.2, 0.25) is 0 Å². The molecular weight excluding hydrogens is 188 g/mol. The first-order chi connectivity index (χ1) is 7.42. The molecular formula is C12H14N2O. The quantitative estimate of drug-likeness (QED) is 0.784. The summed E-state index contributed by atoms with van der Waals surface area (Å²) in [6.07, 6.45) is 3.07. The Morgan fingerprint density at radius 1 is 1.33 bits per heavy atom. The molecule has 3 nitrogen and oxygen atoms in total. The Balaban J connectivity index is 1.84. The molecule has 0 bridgehead atoms. The van der Waals surface area contributed by atoms with E-state index in [1.54, 1.807) is 0 Å². The van der Waals surface area contributed by atoms with Gasteiger partial charge in [-0.25, -0.2) is 0 Å². The molecule has 3 rings (SSSR count). The number of benzene rings is 1. The van der Waals surface area contributed by atoms with Crippen molar-refractivity contribution in [3.63, 3.8) is 0 Å². The van der Waals surface area contributed by atoms with Crippen LogP contribution in [-0.4, -0.2) is 24.2 Å². The van der Waals surface area contributed by atoms with Gasteiger partial charge in [0.15, 0.2) is 0 Å². The van der Waals surface area contributed by atoms with Crippen LogP contribution in [0.2, 0.25) is 0 Å². The predicted octanol–water partition coefficient (Wildman–Crippen LogP) is 2.37. The second-order valence-corrected chi connectivity index (χ2v) is 3.98. The summed E-state index contributed by atoms with van der Waals surface area (Å²) in [7, 11) is 0. The summed E-state index contributed by atoms with van der Waals surface area (Å²) in [5.41, 5.74) is 2.36. The Morgan fingerprint density at radius 3 is 3.20 bits per heavy atom. The zero-order valence-corrected chi connectivity index (χ0v) is 8.49. The molecule has 0 radical (unpaired) electrons. The van der Waals surface area contributed by atoms with Crippen LogP contribution in [0.3, 0.4) is 0 Å². The molecule has 1 aromatic carbocycles. The van der Waals surface area contributed by atoms with Gasteiger partial charge in [0.1, 0.15) is 0 Å². The van der Waals surface area contributed by atoms with Crippen molar-refractivity contribution in [3.8, 4) is 0 Å². The minimum atomic E-state index is 0.474. The van der Waals surface area contributed by atoms with Gasteiger partial charge in [0.25, 0.3) is 0 Å². The van der Waals surface area contributed by atoms with E-state index in [9.17, 15) is 0 Å². The summed E-state index contributed by atoms with van der Waals surface area (Å²) < 4.78 is 5.33. The van der Waals surface area contributed by atoms with Crippen LogP contribution in [0.5, 0.6) is 0 Å². The van der Waals surface area contributed by atoms with Gasteiger partial charge in [-0.1, -0.05) is 0 Å². The van der Waals surface area contributed by atoms with Gasteiger partial charge in [-0.05, 0) is 30.7 Å². The Kier molecular flexibility index (Phi) is 2.10. The van der Waals surface area contributed by atoms with E-state index < -0.39 is 0 Å². The normalized spacial score (nSPS) is 20.9. The zero-order valence-electron chi connectivity index (χ0n) is 8.49. The highest BCUT2D eigenvalue weighted by Crippen LogP contribution is 2.19. The van der Waals surface area contributed by atoms with Crippen LogP contribution in [0.1, 0.15) is 6.42 Å². The van der Waals surface area contributed by atoms with E-state index in [4.69, 9.17) is 4.74 Å². The van der Waals surface area contributed by atoms with E-state index in [1.165, 1.54) is 16.6 Å². The molecule has 1 fully saturated rings. The molecule has 1 aliphatic rings. The molecule has 15 heavy (non-hydrogen) atoms. The van der Waals surface area contributed by atoms with E-state index in [1.807, 2.05) is 6.20 Å². The molecule has 2 aromatic rings. The van der Waals surface area contributed by atoms with E-state index in [-0.39, 0.29) is 0 Å². The van der Waals surface area contributed by atoms with E-state index >= 15 is 0 Å². The number of anilines is 1. The monoisotopic (exact) mass is 202 g/mol. The number of aromatic amines is 1. The molecule has 1 aliphatic heterocycles. The van der Waals surface area contributed by atoms with Crippen molar-refractivity contribution in [1.29, 1.82) is 0 Å². The van der Waals surface area contributed by atoms with Crippen molar-refractivity contribution in [2.75, 3.05) is 18.5 Å². The van der Waals surface area contributed by atoms with Crippen molar-refractivity contribution in [2.45, 2.75) is 12.5 Å². The smallest absolute Gasteiger partial charge is 0.0668 e. The molecule has 0 spiro atoms. The number of aromatic nitrogens is 1. The van der Waals surface area contributed by atoms with Crippen LogP contribution < -0.4 is 5.32 Å². The van der Waals surface area contributed by atoms with Crippen LogP contribution in [0.15, 0.2) is 30.5 Å². The van der Waals surface area contributed by atoms with Crippen LogP contribution >= 0.6 is 0 Å². The molecule has 78 valence electrons. The Morgan fingerprint density at radius 2 is 2.33 bits per heavy atom. The van der Waals surface area contributed by atoms with Crippen LogP contribution in [-0.2, 0) is 4.74 Å². The first-order valence-corrected chi connectivity index (χ1v) is 5.33. The molecule has 0 aliphatic carbocycles. The second kappa shape index (κ2) is 3.59. The fraction of sp³-hybridized carbons (Fsp3) is 0.333. The Labute approximate surface area is 88.4 Å². The summed E-state index contributed by atoms with van der Waals surface area (Å²) in [5, 5.41) is 4.73. The maximum Gasteiger partial charge on any atom is 0.0668 e. The Hall–Kier alpha value is -1.48. The van der Waals surface area contributed by atoms with Crippen molar-refractivity contribution >= 4 is 16.6 Å². The average molecular weight is 202 g/mol. The third-order valence-electron chi connectivity index (χ3n) is 2.85. The third-order valence-corrected chi connectivity index (χ3v) is 2.85. The van der Waals surface area contributed by atoms with Crippen LogP contribution in [0, 0.1) is 0 Å². The highest BCUT2D eigenvalue weighted by Gasteiger charge is 2.14. The Bertz CT molecular complexity index is 457. The lowest BCUT2D eigenvalue weighted by Crippen LogP contribution is -2.18. The summed E-state index contributed by atoms with van der Waals surface area (Å²) in [5.74, 6) is 0. The molecule has 3 heteroatoms. The average Bonchev–Trinajstić information content (AvgIpc) is 2.87. The fourth-order valence-corrected chi connectivity index (χ4v) is 2.03. The zero-order chi connectivity index (χ0) is 10.1. The summed E-state index contributed by atoms with van der Waals surface area (Å²) >= 11 is 0. The van der Waals surface area contributed by atoms with Crippen LogP contribution in [0.4, 0.5) is 5.69 Å². The molecule has 1 saturated heterocycles. The van der Waals surface area contributed by atoms with Gasteiger partial charge in [-0.2, -0.15) is 0 Å². The minimum Gasteiger partial charge on any atom is -0.380 e. The summed E-state index contributed by atoms with van der Waals surface area (Å²) in [4.78, 5) is 3.19. The molecule has 1 atom stereocenters. The number of hydrogen-bond donors (Lipinski definition) is 2. The summed E-state index contributed by atoms with van der Waals surface area (Å²) in [6.45, 7) is 1.70. The molecule has 1 unspecified atom stereocenters. The first-order valence-electron chi connectivity index (χ1n) is 5.33. The molecule has 0 amide bonds. The highest BCUT2D eigenvalue weighted by atomic mass is 16.5. The number of fused-ring (bicyclic) bond motifs is 1. The van der Waals surface area contributed by atoms with Gasteiger partial charge in [-0.3, -0.25) is 0 Å². The van der Waals surface area contributed by atoms with Gasteiger partial charge in [0, 0.05) is 29.4 Å². The lowest BCUT2D eigenvalue weighted by atomic mass is 10.2. The van der Waals surface area contributed by atoms with Crippen LogP contribution in [0.25, 0.3) is 10.9 Å². The predicted molar refractivity (Wildman–Crippen MR) is 61.1 cm³/mol. The lowest BCUT2D eigenvalue weighted by Gasteiger charge is -2.11. The van der Waals surface area contributed by atoms with E-state index in [0.29, 0.717) is 6.04 Å². The minimum absolute atomic E-state index is 0.474. The highest BCUT2D eigenvalue weighted by molar-refractivity contribution is 5.83. The standard InChI is InChI=1S/C12H14N2O/c1-2-12-9(3-5-13-12)7-10(1)14-11-4-6-15-8-11/h1-3,5,7,11,13-14H,4,6,8H2. The van der Waals surface area contributed by atoms with Crippen molar-refractivity contribution in [1.82, 2.24) is 4.98 Å². The van der Waals surface area contributed by atoms with E-state index in [2.05, 4.69) is 34.6 Å². The molecule has 0 saturated carbocycles. The van der Waals surface area contributed by atoms with Gasteiger partial charge < -0.3 is 15.0 Å². The number of nitrogens with one attached hydrogen (secondary N) is 2. The van der Waals surface area contributed by atoms with Crippen molar-refractivity contribution in [3.05, 3.63) is 30.5 Å². The third kappa shape index (κ3) is 1.70. The summed E-state index contributed by atoms with van der Waals surface area (Å²) in [6, 6.07) is 8.95. The fourth-order valence-electron chi connectivity index (χ4n) is 2.03. The van der Waals surface area contributed by atoms with Gasteiger partial charge in [-0.15, -0.1) is 0 Å². The van der Waals surface area contributed by atoms with Gasteiger partial charge in [0.05, 0.1) is 12.6 Å². The van der Waals surface area contributed by atoms with Gasteiger partial charge >= 0.3 is 0 Å². The van der Waals surface area contributed by atoms with E-state index in [0.717, 1.165) is 19.6 Å². The topological polar surface area (TPSA) is 37.0 Å². The number of rotatable bonds is 2. The number of H-pyrrole nitrogens is 1. The van der Waals surface area contributed by atoms with Crippen molar-refractivity contribution in [2.24, 2.45) is 0 Å². The molecule has 2 N–H and O–H groups in total. The number of hydrogen-bond acceptors (Lipinski definition) is 2. The maximum absolute atomic E-state index is 5.33. The SMILES string of the molecule is c1cc2cc(NC3CCOC3)ccc2[nH]1. The largest absolute Gasteiger partial charge is 0.380 e. The molecule has 1 aromatic heterocycles. The first kappa shape index (κ1) is 8.80. The second-order valence-electron chi connectivity index (χ2n) is 3.98. The maximum atomic E-state index is 5.33.